The molecule has 0 aliphatic heterocycles. The Morgan fingerprint density at radius 2 is 1.65 bits per heavy atom. The number of hydrogen-bond acceptors (Lipinski definition) is 6. The van der Waals surface area contributed by atoms with Gasteiger partial charge in [0.1, 0.15) is 5.82 Å². The summed E-state index contributed by atoms with van der Waals surface area (Å²) in [7, 11) is -3.63. The Kier molecular flexibility index (Phi) is 4.22. The van der Waals surface area contributed by atoms with Gasteiger partial charge in [0, 0.05) is 11.8 Å². The largest absolute Gasteiger partial charge is 0.453 e. The Bertz CT molecular complexity index is 1040. The van der Waals surface area contributed by atoms with Crippen LogP contribution in [0.2, 0.25) is 0 Å². The first kappa shape index (κ1) is 17.9. The standard InChI is InChI=1S/C14H9F4N5O2S/c1-26(24,25)11-7-6-10(20-21-11)23-12(8-2-4-9(15)5-3-8)19-13(22-23)14(16,17)18/h2-7H,1H3. The third-order valence-electron chi connectivity index (χ3n) is 3.19. The Hall–Kier alpha value is -2.89. The molecule has 26 heavy (non-hydrogen) atoms. The highest BCUT2D eigenvalue weighted by Crippen LogP contribution is 2.30. The quantitative estimate of drug-likeness (QED) is 0.641. The van der Waals surface area contributed by atoms with E-state index in [0.29, 0.717) is 0 Å². The Labute approximate surface area is 144 Å². The molecule has 0 spiro atoms. The van der Waals surface area contributed by atoms with Crippen molar-refractivity contribution in [3.05, 3.63) is 48.0 Å². The van der Waals surface area contributed by atoms with E-state index in [1.54, 1.807) is 0 Å². The summed E-state index contributed by atoms with van der Waals surface area (Å²) in [5.41, 5.74) is 0.156. The molecular weight excluding hydrogens is 378 g/mol. The smallest absolute Gasteiger partial charge is 0.222 e. The second-order valence-corrected chi connectivity index (χ2v) is 7.14. The second-order valence-electron chi connectivity index (χ2n) is 5.18. The van der Waals surface area contributed by atoms with Gasteiger partial charge in [-0.3, -0.25) is 0 Å². The highest BCUT2D eigenvalue weighted by atomic mass is 32.2. The number of rotatable bonds is 3. The van der Waals surface area contributed by atoms with E-state index >= 15 is 0 Å². The van der Waals surface area contributed by atoms with E-state index < -0.39 is 27.7 Å². The van der Waals surface area contributed by atoms with Crippen LogP contribution < -0.4 is 0 Å². The fourth-order valence-electron chi connectivity index (χ4n) is 2.00. The van der Waals surface area contributed by atoms with Gasteiger partial charge in [0.2, 0.25) is 0 Å². The van der Waals surface area contributed by atoms with Crippen LogP contribution in [0.15, 0.2) is 41.4 Å². The molecule has 7 nitrogen and oxygen atoms in total. The normalized spacial score (nSPS) is 12.3. The molecule has 3 rings (SSSR count). The predicted molar refractivity (Wildman–Crippen MR) is 80.5 cm³/mol. The van der Waals surface area contributed by atoms with Crippen molar-refractivity contribution in [3.8, 4) is 17.2 Å². The van der Waals surface area contributed by atoms with Crippen LogP contribution in [-0.2, 0) is 16.0 Å². The van der Waals surface area contributed by atoms with Gasteiger partial charge in [-0.05, 0) is 36.4 Å². The molecule has 2 heterocycles. The Balaban J connectivity index is 2.16. The molecule has 0 bridgehead atoms. The maximum absolute atomic E-state index is 13.1. The fourth-order valence-corrected chi connectivity index (χ4v) is 2.51. The van der Waals surface area contributed by atoms with Crippen LogP contribution in [0.5, 0.6) is 0 Å². The Morgan fingerprint density at radius 1 is 1.00 bits per heavy atom. The van der Waals surface area contributed by atoms with Crippen LogP contribution in [0.1, 0.15) is 5.82 Å². The van der Waals surface area contributed by atoms with E-state index in [9.17, 15) is 26.0 Å². The predicted octanol–water partition coefficient (Wildman–Crippen LogP) is 2.29. The number of hydrogen-bond donors (Lipinski definition) is 0. The lowest BCUT2D eigenvalue weighted by Gasteiger charge is -2.05. The van der Waals surface area contributed by atoms with Gasteiger partial charge in [-0.25, -0.2) is 17.8 Å². The number of sulfone groups is 1. The van der Waals surface area contributed by atoms with Crippen molar-refractivity contribution in [2.75, 3.05) is 6.26 Å². The van der Waals surface area contributed by atoms with Crippen molar-refractivity contribution >= 4 is 9.84 Å². The molecule has 0 fully saturated rings. The molecule has 2 aromatic heterocycles. The molecular formula is C14H9F4N5O2S. The van der Waals surface area contributed by atoms with Crippen LogP contribution in [0.25, 0.3) is 17.2 Å². The summed E-state index contributed by atoms with van der Waals surface area (Å²) in [6.45, 7) is 0. The van der Waals surface area contributed by atoms with E-state index in [1.807, 2.05) is 0 Å². The SMILES string of the molecule is CS(=O)(=O)c1ccc(-n2nc(C(F)(F)F)nc2-c2ccc(F)cc2)nn1. The van der Waals surface area contributed by atoms with Crippen molar-refractivity contribution < 1.29 is 26.0 Å². The Morgan fingerprint density at radius 3 is 2.15 bits per heavy atom. The zero-order chi connectivity index (χ0) is 19.1. The number of aromatic nitrogens is 5. The van der Waals surface area contributed by atoms with Gasteiger partial charge >= 0.3 is 6.18 Å². The van der Waals surface area contributed by atoms with Crippen LogP contribution >= 0.6 is 0 Å². The lowest BCUT2D eigenvalue weighted by molar-refractivity contribution is -0.144. The van der Waals surface area contributed by atoms with Crippen LogP contribution in [0, 0.1) is 5.82 Å². The first-order valence-corrected chi connectivity index (χ1v) is 8.79. The third kappa shape index (κ3) is 3.54. The van der Waals surface area contributed by atoms with Gasteiger partial charge < -0.3 is 0 Å². The minimum atomic E-state index is -4.82. The van der Waals surface area contributed by atoms with Gasteiger partial charge in [0.25, 0.3) is 5.82 Å². The van der Waals surface area contributed by atoms with Crippen molar-refractivity contribution in [2.45, 2.75) is 11.2 Å². The van der Waals surface area contributed by atoms with Crippen molar-refractivity contribution in [2.24, 2.45) is 0 Å². The van der Waals surface area contributed by atoms with E-state index in [1.165, 1.54) is 12.1 Å². The third-order valence-corrected chi connectivity index (χ3v) is 4.16. The van der Waals surface area contributed by atoms with Gasteiger partial charge in [0.15, 0.2) is 26.5 Å². The second kappa shape index (κ2) is 6.12. The summed E-state index contributed by atoms with van der Waals surface area (Å²) in [6, 6.07) is 6.80. The molecule has 0 aliphatic carbocycles. The molecule has 136 valence electrons. The van der Waals surface area contributed by atoms with Crippen molar-refractivity contribution in [1.82, 2.24) is 25.0 Å². The molecule has 0 saturated carbocycles. The van der Waals surface area contributed by atoms with Crippen LogP contribution in [-0.4, -0.2) is 39.6 Å². The van der Waals surface area contributed by atoms with E-state index in [-0.39, 0.29) is 22.2 Å². The summed E-state index contributed by atoms with van der Waals surface area (Å²) in [6.07, 6.45) is -3.90. The summed E-state index contributed by atoms with van der Waals surface area (Å²) in [5, 5.41) is 10.1. The summed E-state index contributed by atoms with van der Waals surface area (Å²) >= 11 is 0. The minimum Gasteiger partial charge on any atom is -0.222 e. The minimum absolute atomic E-state index is 0.156. The molecule has 0 atom stereocenters. The van der Waals surface area contributed by atoms with Gasteiger partial charge in [-0.2, -0.15) is 17.9 Å². The summed E-state index contributed by atoms with van der Waals surface area (Å²) in [5.74, 6) is -2.43. The van der Waals surface area contributed by atoms with E-state index in [4.69, 9.17) is 0 Å². The zero-order valence-electron chi connectivity index (χ0n) is 12.9. The lowest BCUT2D eigenvalue weighted by atomic mass is 10.2. The molecule has 12 heteroatoms. The monoisotopic (exact) mass is 387 g/mol. The maximum atomic E-state index is 13.1. The number of alkyl halides is 3. The van der Waals surface area contributed by atoms with Crippen molar-refractivity contribution in [1.29, 1.82) is 0 Å². The van der Waals surface area contributed by atoms with Gasteiger partial charge in [-0.15, -0.1) is 15.3 Å². The average molecular weight is 387 g/mol. The summed E-state index contributed by atoms with van der Waals surface area (Å²) in [4.78, 5) is 3.45. The number of nitrogens with zero attached hydrogens (tertiary/aromatic N) is 5. The van der Waals surface area contributed by atoms with Crippen LogP contribution in [0.3, 0.4) is 0 Å². The van der Waals surface area contributed by atoms with Gasteiger partial charge in [-0.1, -0.05) is 0 Å². The highest BCUT2D eigenvalue weighted by Gasteiger charge is 2.37. The molecule has 0 radical (unpaired) electrons. The lowest BCUT2D eigenvalue weighted by Crippen LogP contribution is -2.10. The molecule has 0 amide bonds. The van der Waals surface area contributed by atoms with E-state index in [2.05, 4.69) is 20.3 Å². The zero-order valence-corrected chi connectivity index (χ0v) is 13.8. The molecule has 0 unspecified atom stereocenters. The average Bonchev–Trinajstić information content (AvgIpc) is 3.00. The fraction of sp³-hybridized carbons (Fsp3) is 0.143. The molecule has 0 saturated heterocycles. The molecule has 0 aliphatic rings. The topological polar surface area (TPSA) is 90.6 Å². The first-order valence-electron chi connectivity index (χ1n) is 6.90. The van der Waals surface area contributed by atoms with Crippen LogP contribution in [0.4, 0.5) is 17.6 Å². The molecule has 1 aromatic carbocycles. The molecule has 0 N–H and O–H groups in total. The van der Waals surface area contributed by atoms with Gasteiger partial charge in [0.05, 0.1) is 0 Å². The maximum Gasteiger partial charge on any atom is 0.453 e. The van der Waals surface area contributed by atoms with Crippen molar-refractivity contribution in [3.63, 3.8) is 0 Å². The molecule has 3 aromatic rings. The van der Waals surface area contributed by atoms with E-state index in [0.717, 1.165) is 35.2 Å². The highest BCUT2D eigenvalue weighted by molar-refractivity contribution is 7.90. The number of benzene rings is 1. The number of halogens is 4. The first-order chi connectivity index (χ1) is 12.1. The summed E-state index contributed by atoms with van der Waals surface area (Å²) < 4.78 is 75.6.